The van der Waals surface area contributed by atoms with Crippen LogP contribution in [0.15, 0.2) is 0 Å². The Hall–Kier alpha value is -2.69. The molecule has 3 fully saturated rings. The molecule has 0 aromatic rings. The Balaban J connectivity index is 1.93. The van der Waals surface area contributed by atoms with Gasteiger partial charge >= 0.3 is 36.1 Å². The van der Waals surface area contributed by atoms with Crippen LogP contribution in [0.1, 0.15) is 107 Å². The maximum atomic E-state index is 14.3. The molecule has 9 atom stereocenters. The van der Waals surface area contributed by atoms with Crippen LogP contribution in [0.25, 0.3) is 0 Å². The van der Waals surface area contributed by atoms with Crippen molar-refractivity contribution in [2.45, 2.75) is 132 Å². The van der Waals surface area contributed by atoms with E-state index in [2.05, 4.69) is 13.8 Å². The number of ether oxygens (including phenoxy) is 6. The Labute approximate surface area is 255 Å². The fourth-order valence-corrected chi connectivity index (χ4v) is 8.16. The molecule has 0 N–H and O–H groups in total. The quantitative estimate of drug-likeness (QED) is 0.180. The largest absolute Gasteiger partial charge is 0.463 e. The molecule has 43 heavy (non-hydrogen) atoms. The molecule has 244 valence electrons. The summed E-state index contributed by atoms with van der Waals surface area (Å²) in [7, 11) is 0. The van der Waals surface area contributed by atoms with Crippen molar-refractivity contribution in [2.24, 2.45) is 34.5 Å². The summed E-state index contributed by atoms with van der Waals surface area (Å²) in [4.78, 5) is 61.6. The van der Waals surface area contributed by atoms with Gasteiger partial charge in [0.05, 0.1) is 5.41 Å². The highest BCUT2D eigenvalue weighted by atomic mass is 16.8. The van der Waals surface area contributed by atoms with E-state index in [0.717, 1.165) is 46.0 Å². The minimum atomic E-state index is -1.75. The zero-order chi connectivity index (χ0) is 32.1. The zero-order valence-corrected chi connectivity index (χ0v) is 27.0. The predicted octanol–water partition coefficient (Wildman–Crippen LogP) is 4.87. The Morgan fingerprint density at radius 1 is 0.767 bits per heavy atom. The molecular weight excluding hydrogens is 560 g/mol. The van der Waals surface area contributed by atoms with Gasteiger partial charge in [0.2, 0.25) is 0 Å². The Bertz CT molecular complexity index is 1030. The number of carbonyl (C=O) groups is 5. The molecule has 3 aliphatic rings. The van der Waals surface area contributed by atoms with Crippen LogP contribution in [0.2, 0.25) is 0 Å². The predicted molar refractivity (Wildman–Crippen MR) is 153 cm³/mol. The number of fused-ring (bicyclic) bond motifs is 3. The second kappa shape index (κ2) is 14.4. The molecule has 0 bridgehead atoms. The Kier molecular flexibility index (Phi) is 11.6. The first kappa shape index (κ1) is 34.8. The SMILES string of the molecule is CC(=O)OCC(OC(OC(=O)[C@]1(C)CCC[C@@]2(C)C3CC[C@@H](C)CC3CCC21)C(OC(C)=O)OC(C)=O)C(C)OC(C)=O. The number of hydrogen-bond donors (Lipinski definition) is 0. The van der Waals surface area contributed by atoms with Crippen LogP contribution in [-0.2, 0) is 52.4 Å². The minimum Gasteiger partial charge on any atom is -0.463 e. The lowest BCUT2D eigenvalue weighted by Crippen LogP contribution is -2.57. The van der Waals surface area contributed by atoms with E-state index in [1.54, 1.807) is 0 Å². The van der Waals surface area contributed by atoms with Crippen molar-refractivity contribution in [3.63, 3.8) is 0 Å². The molecule has 0 heterocycles. The van der Waals surface area contributed by atoms with Gasteiger partial charge < -0.3 is 28.4 Å². The van der Waals surface area contributed by atoms with Crippen LogP contribution in [0.3, 0.4) is 0 Å². The van der Waals surface area contributed by atoms with Crippen molar-refractivity contribution in [1.82, 2.24) is 0 Å². The highest BCUT2D eigenvalue weighted by molar-refractivity contribution is 5.77. The standard InChI is InChI=1S/C32H50O11/c1-18-10-12-25-24(16-18)11-13-27-31(25,7)14-9-15-32(27,8)30(37)43-29(28(40-22(5)35)41-23(6)36)42-26(17-38-20(3)33)19(2)39-21(4)34/h18-19,24-29H,9-17H2,1-8H3/t18-,19?,24?,25?,26?,27?,29?,31+,32-/m1/s1. The van der Waals surface area contributed by atoms with Gasteiger partial charge in [-0.05, 0) is 81.5 Å². The summed E-state index contributed by atoms with van der Waals surface area (Å²) >= 11 is 0. The van der Waals surface area contributed by atoms with Crippen molar-refractivity contribution in [1.29, 1.82) is 0 Å². The van der Waals surface area contributed by atoms with E-state index in [1.807, 2.05) is 6.92 Å². The van der Waals surface area contributed by atoms with Gasteiger partial charge in [-0.25, -0.2) is 0 Å². The lowest BCUT2D eigenvalue weighted by molar-refractivity contribution is -0.289. The van der Waals surface area contributed by atoms with E-state index < -0.39 is 60.0 Å². The van der Waals surface area contributed by atoms with Crippen LogP contribution in [0.4, 0.5) is 0 Å². The Morgan fingerprint density at radius 2 is 1.40 bits per heavy atom. The molecule has 0 aromatic heterocycles. The summed E-state index contributed by atoms with van der Waals surface area (Å²) < 4.78 is 32.9. The van der Waals surface area contributed by atoms with Crippen LogP contribution >= 0.6 is 0 Å². The van der Waals surface area contributed by atoms with Gasteiger partial charge in [-0.3, -0.25) is 24.0 Å². The van der Waals surface area contributed by atoms with Crippen LogP contribution in [0, 0.1) is 34.5 Å². The molecule has 11 nitrogen and oxygen atoms in total. The molecule has 0 aliphatic heterocycles. The average molecular weight is 611 g/mol. The monoisotopic (exact) mass is 610 g/mol. The van der Waals surface area contributed by atoms with Gasteiger partial charge in [-0.15, -0.1) is 0 Å². The topological polar surface area (TPSA) is 141 Å². The minimum absolute atomic E-state index is 0.0295. The Morgan fingerprint density at radius 3 is 1.98 bits per heavy atom. The van der Waals surface area contributed by atoms with E-state index in [0.29, 0.717) is 24.2 Å². The molecular formula is C32H50O11. The summed E-state index contributed by atoms with van der Waals surface area (Å²) in [5, 5.41) is 0. The third-order valence-electron chi connectivity index (χ3n) is 10.0. The van der Waals surface area contributed by atoms with Crippen molar-refractivity contribution >= 4 is 29.8 Å². The summed E-state index contributed by atoms with van der Waals surface area (Å²) in [6.45, 7) is 12.4. The number of hydrogen-bond acceptors (Lipinski definition) is 11. The van der Waals surface area contributed by atoms with Gasteiger partial charge in [-0.2, -0.15) is 0 Å². The molecule has 0 spiro atoms. The zero-order valence-electron chi connectivity index (χ0n) is 27.0. The highest BCUT2D eigenvalue weighted by Crippen LogP contribution is 2.64. The van der Waals surface area contributed by atoms with Crippen LogP contribution < -0.4 is 0 Å². The lowest BCUT2D eigenvalue weighted by atomic mass is 9.44. The second-order valence-corrected chi connectivity index (χ2v) is 13.3. The smallest absolute Gasteiger partial charge is 0.314 e. The van der Waals surface area contributed by atoms with Gasteiger partial charge in [-0.1, -0.05) is 26.7 Å². The van der Waals surface area contributed by atoms with Crippen molar-refractivity contribution < 1.29 is 52.4 Å². The second-order valence-electron chi connectivity index (χ2n) is 13.3. The van der Waals surface area contributed by atoms with Gasteiger partial charge in [0, 0.05) is 27.7 Å². The average Bonchev–Trinajstić information content (AvgIpc) is 2.88. The molecule has 11 heteroatoms. The van der Waals surface area contributed by atoms with Gasteiger partial charge in [0.1, 0.15) is 18.8 Å². The number of rotatable bonds is 11. The summed E-state index contributed by atoms with van der Waals surface area (Å²) in [6.07, 6.45) is 2.45. The van der Waals surface area contributed by atoms with E-state index >= 15 is 0 Å². The summed E-state index contributed by atoms with van der Waals surface area (Å²) in [5.74, 6) is -1.42. The maximum absolute atomic E-state index is 14.3. The molecule has 3 saturated carbocycles. The normalized spacial score (nSPS) is 32.2. The first-order valence-corrected chi connectivity index (χ1v) is 15.6. The summed E-state index contributed by atoms with van der Waals surface area (Å²) in [6, 6.07) is 0. The van der Waals surface area contributed by atoms with Crippen molar-refractivity contribution in [3.8, 4) is 0 Å². The summed E-state index contributed by atoms with van der Waals surface area (Å²) in [5.41, 5.74) is -0.898. The number of esters is 5. The van der Waals surface area contributed by atoms with Crippen molar-refractivity contribution in [2.75, 3.05) is 6.61 Å². The van der Waals surface area contributed by atoms with E-state index in [-0.39, 0.29) is 17.9 Å². The molecule has 3 rings (SSSR count). The van der Waals surface area contributed by atoms with E-state index in [1.165, 1.54) is 33.6 Å². The maximum Gasteiger partial charge on any atom is 0.314 e. The van der Waals surface area contributed by atoms with E-state index in [4.69, 9.17) is 28.4 Å². The highest BCUT2D eigenvalue weighted by Gasteiger charge is 2.60. The van der Waals surface area contributed by atoms with Crippen LogP contribution in [0.5, 0.6) is 0 Å². The molecule has 0 radical (unpaired) electrons. The molecule has 0 saturated heterocycles. The molecule has 0 amide bonds. The van der Waals surface area contributed by atoms with Crippen LogP contribution in [-0.4, -0.2) is 61.2 Å². The third-order valence-corrected chi connectivity index (χ3v) is 10.0. The fraction of sp³-hybridized carbons (Fsp3) is 0.844. The third kappa shape index (κ3) is 8.48. The molecule has 3 aliphatic carbocycles. The van der Waals surface area contributed by atoms with Gasteiger partial charge in [0.25, 0.3) is 6.29 Å². The lowest BCUT2D eigenvalue weighted by Gasteiger charge is -2.60. The fourth-order valence-electron chi connectivity index (χ4n) is 8.16. The first-order valence-electron chi connectivity index (χ1n) is 15.6. The van der Waals surface area contributed by atoms with Gasteiger partial charge in [0.15, 0.2) is 0 Å². The van der Waals surface area contributed by atoms with Crippen molar-refractivity contribution in [3.05, 3.63) is 0 Å². The molecule has 0 aromatic carbocycles. The van der Waals surface area contributed by atoms with E-state index in [9.17, 15) is 24.0 Å². The first-order chi connectivity index (χ1) is 20.1. The molecule has 6 unspecified atom stereocenters. The number of carbonyl (C=O) groups excluding carboxylic acids is 5.